The number of alkyl halides is 3. The van der Waals surface area contributed by atoms with Gasteiger partial charge in [0.15, 0.2) is 0 Å². The average Bonchev–Trinajstić information content (AvgIpc) is 2.47. The number of nitrogens with one attached hydrogen (secondary N) is 2. The monoisotopic (exact) mass is 315 g/mol. The lowest BCUT2D eigenvalue weighted by Gasteiger charge is -2.24. The largest absolute Gasteiger partial charge is 0.416 e. The fraction of sp³-hybridized carbons (Fsp3) is 0.533. The van der Waals surface area contributed by atoms with E-state index in [2.05, 4.69) is 10.6 Å². The fourth-order valence-corrected chi connectivity index (χ4v) is 2.51. The minimum absolute atomic E-state index is 0.190. The molecule has 1 aromatic carbocycles. The Bertz CT molecular complexity index is 537. The van der Waals surface area contributed by atoms with Crippen LogP contribution < -0.4 is 15.5 Å². The maximum atomic E-state index is 12.9. The van der Waals surface area contributed by atoms with Crippen molar-refractivity contribution in [2.75, 3.05) is 37.4 Å². The molecular weight excluding hydrogens is 295 g/mol. The lowest BCUT2D eigenvalue weighted by molar-refractivity contribution is -0.137. The van der Waals surface area contributed by atoms with Crippen LogP contribution in [0.5, 0.6) is 0 Å². The third kappa shape index (κ3) is 3.91. The first-order valence-corrected chi connectivity index (χ1v) is 7.19. The summed E-state index contributed by atoms with van der Waals surface area (Å²) >= 11 is 0. The highest BCUT2D eigenvalue weighted by atomic mass is 19.4. The van der Waals surface area contributed by atoms with Crippen LogP contribution in [0, 0.1) is 5.92 Å². The summed E-state index contributed by atoms with van der Waals surface area (Å²) in [6, 6.07) is 3.38. The molecule has 0 aromatic heterocycles. The molecule has 7 heteroatoms. The third-order valence-corrected chi connectivity index (χ3v) is 3.73. The van der Waals surface area contributed by atoms with Crippen molar-refractivity contribution >= 4 is 17.3 Å². The first-order valence-electron chi connectivity index (χ1n) is 7.19. The van der Waals surface area contributed by atoms with E-state index >= 15 is 0 Å². The number of hydrogen-bond donors (Lipinski definition) is 2. The Labute approximate surface area is 127 Å². The summed E-state index contributed by atoms with van der Waals surface area (Å²) in [6.45, 7) is 1.43. The summed E-state index contributed by atoms with van der Waals surface area (Å²) in [5, 5.41) is 5.78. The van der Waals surface area contributed by atoms with Gasteiger partial charge in [0.1, 0.15) is 0 Å². The molecule has 1 aliphatic heterocycles. The van der Waals surface area contributed by atoms with Crippen LogP contribution in [0.1, 0.15) is 18.4 Å². The van der Waals surface area contributed by atoms with Crippen molar-refractivity contribution in [3.63, 3.8) is 0 Å². The highest BCUT2D eigenvalue weighted by Crippen LogP contribution is 2.35. The molecule has 22 heavy (non-hydrogen) atoms. The molecule has 1 atom stereocenters. The number of rotatable bonds is 3. The number of hydrogen-bond acceptors (Lipinski definition) is 3. The minimum Gasteiger partial charge on any atom is -0.376 e. The number of nitrogens with zero attached hydrogens (tertiary/aromatic N) is 1. The van der Waals surface area contributed by atoms with E-state index in [1.807, 2.05) is 0 Å². The van der Waals surface area contributed by atoms with Crippen molar-refractivity contribution in [1.29, 1.82) is 0 Å². The normalized spacial score (nSPS) is 18.9. The number of halogens is 3. The number of anilines is 2. The number of carbonyl (C=O) groups is 1. The highest BCUT2D eigenvalue weighted by molar-refractivity contribution is 5.96. The van der Waals surface area contributed by atoms with Gasteiger partial charge in [0.2, 0.25) is 5.91 Å². The summed E-state index contributed by atoms with van der Waals surface area (Å²) in [5.74, 6) is -0.451. The second-order valence-electron chi connectivity index (χ2n) is 5.66. The standard InChI is InChI=1S/C15H20F3N3O/c1-21(2)13-6-5-11(15(16,17)18)8-12(13)20-14(22)10-4-3-7-19-9-10/h5-6,8,10,19H,3-4,7,9H2,1-2H3,(H,20,22). The van der Waals surface area contributed by atoms with Crippen LogP contribution >= 0.6 is 0 Å². The Kier molecular flexibility index (Phi) is 4.95. The zero-order chi connectivity index (χ0) is 16.3. The van der Waals surface area contributed by atoms with E-state index in [9.17, 15) is 18.0 Å². The molecule has 0 saturated carbocycles. The summed E-state index contributed by atoms with van der Waals surface area (Å²) in [4.78, 5) is 13.9. The van der Waals surface area contributed by atoms with Gasteiger partial charge in [0.05, 0.1) is 22.9 Å². The maximum absolute atomic E-state index is 12.9. The summed E-state index contributed by atoms with van der Waals surface area (Å²) < 4.78 is 38.6. The molecule has 0 bridgehead atoms. The number of benzene rings is 1. The predicted octanol–water partition coefficient (Wildman–Crippen LogP) is 2.71. The van der Waals surface area contributed by atoms with Crippen molar-refractivity contribution in [3.8, 4) is 0 Å². The first kappa shape index (κ1) is 16.6. The van der Waals surface area contributed by atoms with Crippen LogP contribution in [0.3, 0.4) is 0 Å². The Hall–Kier alpha value is -1.76. The molecule has 0 radical (unpaired) electrons. The zero-order valence-electron chi connectivity index (χ0n) is 12.6. The van der Waals surface area contributed by atoms with E-state index in [-0.39, 0.29) is 17.5 Å². The van der Waals surface area contributed by atoms with Crippen molar-refractivity contribution in [1.82, 2.24) is 5.32 Å². The highest BCUT2D eigenvalue weighted by Gasteiger charge is 2.31. The first-order chi connectivity index (χ1) is 10.3. The van der Waals surface area contributed by atoms with E-state index in [0.717, 1.165) is 31.5 Å². The molecule has 1 amide bonds. The van der Waals surface area contributed by atoms with Crippen LogP contribution in [0.15, 0.2) is 18.2 Å². The number of amides is 1. The Morgan fingerprint density at radius 1 is 1.36 bits per heavy atom. The van der Waals surface area contributed by atoms with E-state index in [1.54, 1.807) is 19.0 Å². The molecule has 1 fully saturated rings. The Balaban J connectivity index is 2.24. The molecule has 122 valence electrons. The molecule has 1 aromatic rings. The molecule has 2 N–H and O–H groups in total. The van der Waals surface area contributed by atoms with Gasteiger partial charge in [-0.1, -0.05) is 0 Å². The number of piperidine rings is 1. The molecule has 4 nitrogen and oxygen atoms in total. The SMILES string of the molecule is CN(C)c1ccc(C(F)(F)F)cc1NC(=O)C1CCCNC1. The van der Waals surface area contributed by atoms with Crippen LogP contribution in [0.25, 0.3) is 0 Å². The van der Waals surface area contributed by atoms with Crippen LogP contribution in [-0.2, 0) is 11.0 Å². The Morgan fingerprint density at radius 3 is 2.64 bits per heavy atom. The number of carbonyl (C=O) groups excluding carboxylic acids is 1. The van der Waals surface area contributed by atoms with E-state index in [4.69, 9.17) is 0 Å². The van der Waals surface area contributed by atoms with Crippen molar-refractivity contribution in [2.45, 2.75) is 19.0 Å². The maximum Gasteiger partial charge on any atom is 0.416 e. The molecule has 1 unspecified atom stereocenters. The summed E-state index contributed by atoms with van der Waals surface area (Å²) in [6.07, 6.45) is -2.80. The van der Waals surface area contributed by atoms with Gasteiger partial charge >= 0.3 is 6.18 Å². The van der Waals surface area contributed by atoms with E-state index < -0.39 is 11.7 Å². The lowest BCUT2D eigenvalue weighted by atomic mass is 9.98. The van der Waals surface area contributed by atoms with Gasteiger partial charge < -0.3 is 15.5 Å². The molecule has 1 heterocycles. The van der Waals surface area contributed by atoms with Crippen LogP contribution in [0.2, 0.25) is 0 Å². The average molecular weight is 315 g/mol. The van der Waals surface area contributed by atoms with Crippen LogP contribution in [0.4, 0.5) is 24.5 Å². The van der Waals surface area contributed by atoms with Crippen LogP contribution in [-0.4, -0.2) is 33.1 Å². The second kappa shape index (κ2) is 6.56. The molecule has 1 aliphatic rings. The second-order valence-corrected chi connectivity index (χ2v) is 5.66. The molecule has 0 aliphatic carbocycles. The third-order valence-electron chi connectivity index (χ3n) is 3.73. The topological polar surface area (TPSA) is 44.4 Å². The van der Waals surface area contributed by atoms with Gasteiger partial charge in [0.25, 0.3) is 0 Å². The van der Waals surface area contributed by atoms with Crippen molar-refractivity contribution < 1.29 is 18.0 Å². The minimum atomic E-state index is -4.43. The molecule has 0 spiro atoms. The van der Waals surface area contributed by atoms with Crippen molar-refractivity contribution in [2.24, 2.45) is 5.92 Å². The van der Waals surface area contributed by atoms with Gasteiger partial charge in [-0.15, -0.1) is 0 Å². The van der Waals surface area contributed by atoms with Gasteiger partial charge in [-0.05, 0) is 37.6 Å². The smallest absolute Gasteiger partial charge is 0.376 e. The van der Waals surface area contributed by atoms with Crippen molar-refractivity contribution in [3.05, 3.63) is 23.8 Å². The van der Waals surface area contributed by atoms with Gasteiger partial charge in [-0.2, -0.15) is 13.2 Å². The van der Waals surface area contributed by atoms with Gasteiger partial charge in [-0.3, -0.25) is 4.79 Å². The fourth-order valence-electron chi connectivity index (χ4n) is 2.51. The lowest BCUT2D eigenvalue weighted by Crippen LogP contribution is -2.37. The summed E-state index contributed by atoms with van der Waals surface area (Å²) in [7, 11) is 3.45. The van der Waals surface area contributed by atoms with E-state index in [0.29, 0.717) is 12.2 Å². The van der Waals surface area contributed by atoms with Gasteiger partial charge in [0, 0.05) is 20.6 Å². The molecule has 1 saturated heterocycles. The van der Waals surface area contributed by atoms with Gasteiger partial charge in [-0.25, -0.2) is 0 Å². The van der Waals surface area contributed by atoms with E-state index in [1.165, 1.54) is 6.07 Å². The summed E-state index contributed by atoms with van der Waals surface area (Å²) in [5.41, 5.74) is -0.0318. The Morgan fingerprint density at radius 2 is 2.09 bits per heavy atom. The molecular formula is C15H20F3N3O. The predicted molar refractivity (Wildman–Crippen MR) is 80.0 cm³/mol. The molecule has 2 rings (SSSR count). The zero-order valence-corrected chi connectivity index (χ0v) is 12.6. The quantitative estimate of drug-likeness (QED) is 0.901.